The van der Waals surface area contributed by atoms with Crippen LogP contribution in [0.3, 0.4) is 0 Å². The van der Waals surface area contributed by atoms with E-state index in [0.717, 1.165) is 16.8 Å². The summed E-state index contributed by atoms with van der Waals surface area (Å²) in [6.45, 7) is 0.626. The van der Waals surface area contributed by atoms with E-state index in [4.69, 9.17) is 4.84 Å². The van der Waals surface area contributed by atoms with E-state index in [1.165, 1.54) is 7.05 Å². The van der Waals surface area contributed by atoms with E-state index in [1.54, 1.807) is 18.2 Å². The zero-order valence-electron chi connectivity index (χ0n) is 13.6. The average molecular weight is 424 g/mol. The molecule has 0 saturated heterocycles. The molecule has 2 N–H and O–H groups in total. The Hall–Kier alpha value is -1.90. The topological polar surface area (TPSA) is 79.8 Å². The quantitative estimate of drug-likeness (QED) is 0.745. The maximum atomic E-state index is 12.1. The van der Waals surface area contributed by atoms with Gasteiger partial charge in [-0.1, -0.05) is 35.5 Å². The summed E-state index contributed by atoms with van der Waals surface area (Å²) in [6, 6.07) is 14.9. The molecule has 1 aliphatic heterocycles. The Kier molecular flexibility index (Phi) is 5.41. The minimum atomic E-state index is -3.53. The van der Waals surface area contributed by atoms with Crippen molar-refractivity contribution in [3.05, 3.63) is 59.7 Å². The largest absolute Gasteiger partial charge is 0.386 e. The summed E-state index contributed by atoms with van der Waals surface area (Å²) in [4.78, 5) is 5.63. The van der Waals surface area contributed by atoms with Crippen LogP contribution in [0.4, 0.5) is 5.69 Å². The second kappa shape index (κ2) is 7.55. The van der Waals surface area contributed by atoms with Crippen LogP contribution >= 0.6 is 15.9 Å². The molecule has 6 nitrogen and oxygen atoms in total. The molecule has 1 aliphatic rings. The average Bonchev–Trinajstić information content (AvgIpc) is 3.07. The maximum Gasteiger partial charge on any atom is 0.240 e. The van der Waals surface area contributed by atoms with Crippen molar-refractivity contribution in [1.82, 2.24) is 4.72 Å². The van der Waals surface area contributed by atoms with Gasteiger partial charge in [0.05, 0.1) is 4.90 Å². The maximum absolute atomic E-state index is 12.1. The molecule has 0 saturated carbocycles. The number of rotatable bonds is 6. The molecule has 2 aromatic carbocycles. The third kappa shape index (κ3) is 4.20. The molecule has 0 aliphatic carbocycles. The molecule has 3 rings (SSSR count). The van der Waals surface area contributed by atoms with E-state index in [9.17, 15) is 8.42 Å². The molecule has 0 unspecified atom stereocenters. The highest BCUT2D eigenvalue weighted by atomic mass is 79.9. The van der Waals surface area contributed by atoms with E-state index in [0.29, 0.717) is 17.6 Å². The molecule has 0 bridgehead atoms. The van der Waals surface area contributed by atoms with Crippen molar-refractivity contribution >= 4 is 36.3 Å². The molecule has 0 spiro atoms. The smallest absolute Gasteiger partial charge is 0.240 e. The molecule has 1 atom stereocenters. The Morgan fingerprint density at radius 3 is 2.64 bits per heavy atom. The Morgan fingerprint density at radius 2 is 2.00 bits per heavy atom. The third-order valence-corrected chi connectivity index (χ3v) is 5.79. The Bertz CT molecular complexity index is 885. The number of anilines is 1. The number of nitrogens with one attached hydrogen (secondary N) is 2. The molecule has 25 heavy (non-hydrogen) atoms. The van der Waals surface area contributed by atoms with Crippen molar-refractivity contribution in [2.75, 3.05) is 12.4 Å². The van der Waals surface area contributed by atoms with Crippen LogP contribution in [0.5, 0.6) is 0 Å². The Morgan fingerprint density at radius 1 is 1.24 bits per heavy atom. The van der Waals surface area contributed by atoms with Gasteiger partial charge in [-0.3, -0.25) is 0 Å². The number of halogens is 1. The number of hydrogen-bond acceptors (Lipinski definition) is 5. The van der Waals surface area contributed by atoms with Crippen LogP contribution in [0, 0.1) is 0 Å². The second-order valence-corrected chi connectivity index (χ2v) is 8.36. The van der Waals surface area contributed by atoms with E-state index in [-0.39, 0.29) is 11.0 Å². The summed E-state index contributed by atoms with van der Waals surface area (Å²) in [5.74, 6) is 0. The van der Waals surface area contributed by atoms with Crippen molar-refractivity contribution in [1.29, 1.82) is 0 Å². The summed E-state index contributed by atoms with van der Waals surface area (Å²) < 4.78 is 27.3. The molecule has 2 aromatic rings. The highest BCUT2D eigenvalue weighted by Gasteiger charge is 2.26. The summed E-state index contributed by atoms with van der Waals surface area (Å²) in [7, 11) is -2.14. The Labute approximate surface area is 155 Å². The summed E-state index contributed by atoms with van der Waals surface area (Å²) in [6.07, 6.45) is 0.225. The minimum Gasteiger partial charge on any atom is -0.386 e. The number of nitrogens with zero attached hydrogens (tertiary/aromatic N) is 1. The monoisotopic (exact) mass is 423 g/mol. The summed E-state index contributed by atoms with van der Waals surface area (Å²) in [5, 5.41) is 7.26. The van der Waals surface area contributed by atoms with Gasteiger partial charge in [0.1, 0.15) is 4.62 Å². The van der Waals surface area contributed by atoms with Crippen LogP contribution in [-0.2, 0) is 21.4 Å². The summed E-state index contributed by atoms with van der Waals surface area (Å²) in [5.41, 5.74) is 2.71. The molecular formula is C17H18BrN3O3S. The summed E-state index contributed by atoms with van der Waals surface area (Å²) >= 11 is 3.32. The zero-order valence-corrected chi connectivity index (χ0v) is 16.0. The first kappa shape index (κ1) is 17.9. The van der Waals surface area contributed by atoms with Gasteiger partial charge in [0, 0.05) is 24.2 Å². The lowest BCUT2D eigenvalue weighted by molar-refractivity contribution is 0.0861. The van der Waals surface area contributed by atoms with Crippen LogP contribution in [0.15, 0.2) is 58.6 Å². The normalized spacial score (nSPS) is 17.0. The van der Waals surface area contributed by atoms with Crippen LogP contribution in [0.25, 0.3) is 0 Å². The van der Waals surface area contributed by atoms with Crippen LogP contribution in [0.1, 0.15) is 23.7 Å². The van der Waals surface area contributed by atoms with Gasteiger partial charge < -0.3 is 10.2 Å². The molecule has 0 amide bonds. The highest BCUT2D eigenvalue weighted by Crippen LogP contribution is 2.35. The van der Waals surface area contributed by atoms with Crippen LogP contribution < -0.4 is 10.0 Å². The number of sulfonamides is 1. The first-order valence-electron chi connectivity index (χ1n) is 7.73. The van der Waals surface area contributed by atoms with E-state index in [2.05, 4.69) is 31.1 Å². The SMILES string of the molecule is CNS(=O)(=O)c1ccc(NCc2ccccc2)c([C@H]2CC(Br)=NO2)c1. The van der Waals surface area contributed by atoms with Gasteiger partial charge in [-0.05, 0) is 46.7 Å². The fourth-order valence-electron chi connectivity index (χ4n) is 2.56. The second-order valence-electron chi connectivity index (χ2n) is 5.56. The Balaban J connectivity index is 1.91. The molecule has 0 fully saturated rings. The fourth-order valence-corrected chi connectivity index (χ4v) is 3.70. The molecule has 0 aromatic heterocycles. The van der Waals surface area contributed by atoms with Crippen molar-refractivity contribution in [3.8, 4) is 0 Å². The molecule has 1 heterocycles. The number of oxime groups is 1. The zero-order chi connectivity index (χ0) is 17.9. The highest BCUT2D eigenvalue weighted by molar-refractivity contribution is 9.18. The van der Waals surface area contributed by atoms with Gasteiger partial charge in [-0.2, -0.15) is 0 Å². The van der Waals surface area contributed by atoms with Gasteiger partial charge in [0.2, 0.25) is 10.0 Å². The van der Waals surface area contributed by atoms with Gasteiger partial charge in [-0.25, -0.2) is 13.1 Å². The molecule has 8 heteroatoms. The van der Waals surface area contributed by atoms with Crippen LogP contribution in [-0.4, -0.2) is 20.1 Å². The standard InChI is InChI=1S/C17H18BrN3O3S/c1-19-25(22,23)13-7-8-15(20-11-12-5-3-2-4-6-12)14(9-13)16-10-17(18)21-24-16/h2-9,16,19-20H,10-11H2,1H3/t16-/m1/s1. The van der Waals surface area contributed by atoms with Crippen LogP contribution in [0.2, 0.25) is 0 Å². The van der Waals surface area contributed by atoms with E-state index < -0.39 is 10.0 Å². The first-order chi connectivity index (χ1) is 12.0. The fraction of sp³-hybridized carbons (Fsp3) is 0.235. The van der Waals surface area contributed by atoms with E-state index in [1.807, 2.05) is 30.3 Å². The minimum absolute atomic E-state index is 0.196. The van der Waals surface area contributed by atoms with Crippen molar-refractivity contribution in [2.45, 2.75) is 24.0 Å². The van der Waals surface area contributed by atoms with Crippen molar-refractivity contribution < 1.29 is 13.3 Å². The predicted octanol–water partition coefficient (Wildman–Crippen LogP) is 3.38. The van der Waals surface area contributed by atoms with Crippen molar-refractivity contribution in [3.63, 3.8) is 0 Å². The van der Waals surface area contributed by atoms with Gasteiger partial charge in [-0.15, -0.1) is 0 Å². The van der Waals surface area contributed by atoms with Crippen molar-refractivity contribution in [2.24, 2.45) is 5.16 Å². The lowest BCUT2D eigenvalue weighted by Gasteiger charge is -2.17. The number of benzene rings is 2. The number of hydrogen-bond donors (Lipinski definition) is 2. The molecule has 0 radical (unpaired) electrons. The molecule has 132 valence electrons. The lowest BCUT2D eigenvalue weighted by atomic mass is 10.0. The van der Waals surface area contributed by atoms with Gasteiger partial charge in [0.25, 0.3) is 0 Å². The van der Waals surface area contributed by atoms with Gasteiger partial charge >= 0.3 is 0 Å². The van der Waals surface area contributed by atoms with E-state index >= 15 is 0 Å². The first-order valence-corrected chi connectivity index (χ1v) is 10.0. The third-order valence-electron chi connectivity index (χ3n) is 3.91. The van der Waals surface area contributed by atoms with Gasteiger partial charge in [0.15, 0.2) is 6.10 Å². The molecular weight excluding hydrogens is 406 g/mol. The predicted molar refractivity (Wildman–Crippen MR) is 101 cm³/mol. The lowest BCUT2D eigenvalue weighted by Crippen LogP contribution is -2.19.